The Balaban J connectivity index is 2.12. The average Bonchev–Trinajstić information content (AvgIpc) is 2.97. The molecule has 0 saturated heterocycles. The smallest absolute Gasteiger partial charge is 0.0332 e. The van der Waals surface area contributed by atoms with E-state index in [0.29, 0.717) is 6.54 Å². The molecule has 1 aliphatic rings. The van der Waals surface area contributed by atoms with Gasteiger partial charge >= 0.3 is 0 Å². The van der Waals surface area contributed by atoms with E-state index in [4.69, 9.17) is 5.73 Å². The fourth-order valence-corrected chi connectivity index (χ4v) is 1.92. The standard InChI is InChI=1S/C12H14N2/c13-6-9-1-2-10-7-14(12-3-4-12)8-11(10)5-9/h1-2,5,7-8,12H,3-4,6,13H2. The van der Waals surface area contributed by atoms with Crippen molar-refractivity contribution in [1.82, 2.24) is 4.57 Å². The van der Waals surface area contributed by atoms with Crippen molar-refractivity contribution < 1.29 is 0 Å². The van der Waals surface area contributed by atoms with Crippen LogP contribution in [0.3, 0.4) is 0 Å². The fourth-order valence-electron chi connectivity index (χ4n) is 1.92. The normalized spacial score (nSPS) is 16.4. The molecule has 0 amide bonds. The second-order valence-corrected chi connectivity index (χ2v) is 4.10. The third-order valence-electron chi connectivity index (χ3n) is 2.93. The summed E-state index contributed by atoms with van der Waals surface area (Å²) in [6, 6.07) is 7.23. The molecular weight excluding hydrogens is 172 g/mol. The molecule has 3 rings (SSSR count). The molecule has 0 atom stereocenters. The Morgan fingerprint density at radius 3 is 2.71 bits per heavy atom. The van der Waals surface area contributed by atoms with Crippen LogP contribution in [0.2, 0.25) is 0 Å². The monoisotopic (exact) mass is 186 g/mol. The third-order valence-corrected chi connectivity index (χ3v) is 2.93. The molecule has 1 saturated carbocycles. The summed E-state index contributed by atoms with van der Waals surface area (Å²) in [6.45, 7) is 0.630. The maximum atomic E-state index is 5.61. The molecule has 0 aliphatic heterocycles. The van der Waals surface area contributed by atoms with Crippen molar-refractivity contribution in [2.75, 3.05) is 0 Å². The quantitative estimate of drug-likeness (QED) is 0.767. The van der Waals surface area contributed by atoms with Gasteiger partial charge in [0.25, 0.3) is 0 Å². The topological polar surface area (TPSA) is 30.9 Å². The van der Waals surface area contributed by atoms with Crippen LogP contribution in [0.1, 0.15) is 24.4 Å². The first-order chi connectivity index (χ1) is 6.86. The lowest BCUT2D eigenvalue weighted by molar-refractivity contribution is 0.751. The number of aromatic nitrogens is 1. The van der Waals surface area contributed by atoms with Gasteiger partial charge in [-0.05, 0) is 35.2 Å². The Bertz CT molecular complexity index is 466. The summed E-state index contributed by atoms with van der Waals surface area (Å²) in [7, 11) is 0. The maximum absolute atomic E-state index is 5.61. The van der Waals surface area contributed by atoms with E-state index in [-0.39, 0.29) is 0 Å². The maximum Gasteiger partial charge on any atom is 0.0332 e. The summed E-state index contributed by atoms with van der Waals surface area (Å²) in [6.07, 6.45) is 7.16. The fraction of sp³-hybridized carbons (Fsp3) is 0.333. The van der Waals surface area contributed by atoms with Crippen LogP contribution in [0.5, 0.6) is 0 Å². The van der Waals surface area contributed by atoms with Crippen LogP contribution in [0.15, 0.2) is 30.6 Å². The van der Waals surface area contributed by atoms with Gasteiger partial charge in [0, 0.05) is 25.0 Å². The van der Waals surface area contributed by atoms with E-state index < -0.39 is 0 Å². The van der Waals surface area contributed by atoms with E-state index in [1.54, 1.807) is 0 Å². The highest BCUT2D eigenvalue weighted by molar-refractivity contribution is 5.83. The van der Waals surface area contributed by atoms with Gasteiger partial charge in [-0.1, -0.05) is 12.1 Å². The molecule has 1 fully saturated rings. The van der Waals surface area contributed by atoms with Crippen molar-refractivity contribution in [1.29, 1.82) is 0 Å². The molecular formula is C12H14N2. The molecule has 1 aromatic carbocycles. The summed E-state index contributed by atoms with van der Waals surface area (Å²) in [4.78, 5) is 0. The Labute approximate surface area is 83.3 Å². The Hall–Kier alpha value is -1.28. The number of nitrogens with two attached hydrogens (primary N) is 1. The Kier molecular flexibility index (Phi) is 1.64. The molecule has 72 valence electrons. The highest BCUT2D eigenvalue weighted by Gasteiger charge is 2.22. The van der Waals surface area contributed by atoms with Crippen LogP contribution in [-0.4, -0.2) is 4.57 Å². The first-order valence-electron chi connectivity index (χ1n) is 5.17. The minimum Gasteiger partial charge on any atom is -0.350 e. The predicted octanol–water partition coefficient (Wildman–Crippen LogP) is 2.43. The minimum absolute atomic E-state index is 0.630. The summed E-state index contributed by atoms with van der Waals surface area (Å²) >= 11 is 0. The van der Waals surface area contributed by atoms with Crippen molar-refractivity contribution in [3.05, 3.63) is 36.2 Å². The number of hydrogen-bond donors (Lipinski definition) is 1. The number of rotatable bonds is 2. The van der Waals surface area contributed by atoms with Crippen molar-refractivity contribution in [3.63, 3.8) is 0 Å². The molecule has 1 aromatic heterocycles. The minimum atomic E-state index is 0.630. The first kappa shape index (κ1) is 8.06. The number of fused-ring (bicyclic) bond motifs is 1. The van der Waals surface area contributed by atoms with Gasteiger partial charge in [-0.15, -0.1) is 0 Å². The molecule has 2 N–H and O–H groups in total. The zero-order valence-electron chi connectivity index (χ0n) is 8.11. The van der Waals surface area contributed by atoms with E-state index in [1.165, 1.54) is 29.2 Å². The van der Waals surface area contributed by atoms with Crippen molar-refractivity contribution in [2.24, 2.45) is 5.73 Å². The molecule has 1 aliphatic carbocycles. The SMILES string of the molecule is NCc1ccc2cn(C3CC3)cc2c1. The van der Waals surface area contributed by atoms with Crippen LogP contribution in [-0.2, 0) is 6.54 Å². The van der Waals surface area contributed by atoms with Gasteiger partial charge in [0.15, 0.2) is 0 Å². The molecule has 0 spiro atoms. The number of nitrogens with zero attached hydrogens (tertiary/aromatic N) is 1. The number of hydrogen-bond acceptors (Lipinski definition) is 1. The molecule has 2 aromatic rings. The molecule has 2 nitrogen and oxygen atoms in total. The van der Waals surface area contributed by atoms with Crippen molar-refractivity contribution in [2.45, 2.75) is 25.4 Å². The summed E-state index contributed by atoms with van der Waals surface area (Å²) in [5, 5.41) is 2.65. The van der Waals surface area contributed by atoms with Crippen LogP contribution in [0.25, 0.3) is 10.8 Å². The van der Waals surface area contributed by atoms with Gasteiger partial charge in [0.05, 0.1) is 0 Å². The Morgan fingerprint density at radius 2 is 2.00 bits per heavy atom. The van der Waals surface area contributed by atoms with Gasteiger partial charge < -0.3 is 10.3 Å². The predicted molar refractivity (Wildman–Crippen MR) is 58.1 cm³/mol. The van der Waals surface area contributed by atoms with Crippen LogP contribution in [0, 0.1) is 0 Å². The lowest BCUT2D eigenvalue weighted by Gasteiger charge is -1.94. The largest absolute Gasteiger partial charge is 0.350 e. The van der Waals surface area contributed by atoms with Crippen LogP contribution < -0.4 is 5.73 Å². The number of benzene rings is 1. The van der Waals surface area contributed by atoms with E-state index in [9.17, 15) is 0 Å². The lowest BCUT2D eigenvalue weighted by atomic mass is 10.1. The average molecular weight is 186 g/mol. The van der Waals surface area contributed by atoms with Gasteiger partial charge in [-0.3, -0.25) is 0 Å². The molecule has 0 unspecified atom stereocenters. The van der Waals surface area contributed by atoms with Crippen LogP contribution in [0.4, 0.5) is 0 Å². The van der Waals surface area contributed by atoms with E-state index in [2.05, 4.69) is 35.2 Å². The zero-order chi connectivity index (χ0) is 9.54. The Morgan fingerprint density at radius 1 is 1.21 bits per heavy atom. The van der Waals surface area contributed by atoms with Gasteiger partial charge in [-0.2, -0.15) is 0 Å². The molecule has 2 heteroatoms. The molecule has 0 radical (unpaired) electrons. The molecule has 1 heterocycles. The lowest BCUT2D eigenvalue weighted by Crippen LogP contribution is -1.94. The van der Waals surface area contributed by atoms with E-state index >= 15 is 0 Å². The molecule has 0 bridgehead atoms. The first-order valence-corrected chi connectivity index (χ1v) is 5.17. The third kappa shape index (κ3) is 1.23. The van der Waals surface area contributed by atoms with Crippen molar-refractivity contribution in [3.8, 4) is 0 Å². The van der Waals surface area contributed by atoms with Gasteiger partial charge in [0.2, 0.25) is 0 Å². The van der Waals surface area contributed by atoms with E-state index in [1.807, 2.05) is 0 Å². The van der Waals surface area contributed by atoms with Crippen molar-refractivity contribution >= 4 is 10.8 Å². The summed E-state index contributed by atoms with van der Waals surface area (Å²) in [5.41, 5.74) is 6.83. The zero-order valence-corrected chi connectivity index (χ0v) is 8.11. The van der Waals surface area contributed by atoms with Crippen LogP contribution >= 0.6 is 0 Å². The van der Waals surface area contributed by atoms with Gasteiger partial charge in [0.1, 0.15) is 0 Å². The summed E-state index contributed by atoms with van der Waals surface area (Å²) in [5.74, 6) is 0. The van der Waals surface area contributed by atoms with Gasteiger partial charge in [-0.25, -0.2) is 0 Å². The van der Waals surface area contributed by atoms with E-state index in [0.717, 1.165) is 6.04 Å². The second-order valence-electron chi connectivity index (χ2n) is 4.10. The summed E-state index contributed by atoms with van der Waals surface area (Å²) < 4.78 is 2.34. The molecule has 14 heavy (non-hydrogen) atoms. The second kappa shape index (κ2) is 2.85. The highest BCUT2D eigenvalue weighted by Crippen LogP contribution is 2.36. The highest BCUT2D eigenvalue weighted by atomic mass is 15.0.